The van der Waals surface area contributed by atoms with Crippen LogP contribution in [0.5, 0.6) is 0 Å². The molecule has 1 saturated carbocycles. The summed E-state index contributed by atoms with van der Waals surface area (Å²) in [7, 11) is 0. The van der Waals surface area contributed by atoms with E-state index < -0.39 is 0 Å². The van der Waals surface area contributed by atoms with Crippen LogP contribution in [0.2, 0.25) is 0 Å². The van der Waals surface area contributed by atoms with E-state index in [1.165, 1.54) is 24.5 Å². The molecule has 1 fully saturated rings. The number of aromatic nitrogens is 4. The summed E-state index contributed by atoms with van der Waals surface area (Å²) in [5.41, 5.74) is 10.6. The minimum absolute atomic E-state index is 0.102. The van der Waals surface area contributed by atoms with E-state index in [1.807, 2.05) is 13.0 Å². The summed E-state index contributed by atoms with van der Waals surface area (Å²) >= 11 is 0. The Morgan fingerprint density at radius 2 is 1.85 bits per heavy atom. The van der Waals surface area contributed by atoms with Crippen LogP contribution in [0.3, 0.4) is 0 Å². The standard InChI is InChI=1S/C25H26N6O2/c1-16(11-26)31-15-19(6-9-25(31)32)22-13-27-14-23(29-22)24-10-21(30-33-24)18-4-2-17(3-5-18)12-28-20-7-8-20/h2-6,9-10,13-16,20,28H,7-8,11-12,26H2,1H3. The Bertz CT molecular complexity index is 1310. The van der Waals surface area contributed by atoms with Crippen LogP contribution in [0.15, 0.2) is 70.4 Å². The normalized spacial score (nSPS) is 14.4. The minimum atomic E-state index is -0.110. The lowest BCUT2D eigenvalue weighted by Gasteiger charge is -2.13. The van der Waals surface area contributed by atoms with E-state index in [0.29, 0.717) is 29.7 Å². The van der Waals surface area contributed by atoms with Gasteiger partial charge in [0, 0.05) is 54.6 Å². The van der Waals surface area contributed by atoms with Crippen molar-refractivity contribution in [2.24, 2.45) is 5.73 Å². The van der Waals surface area contributed by atoms with Crippen LogP contribution in [0.4, 0.5) is 0 Å². The third-order valence-electron chi connectivity index (χ3n) is 5.87. The van der Waals surface area contributed by atoms with Gasteiger partial charge < -0.3 is 20.1 Å². The van der Waals surface area contributed by atoms with Gasteiger partial charge in [0.15, 0.2) is 5.76 Å². The van der Waals surface area contributed by atoms with Gasteiger partial charge in [0.1, 0.15) is 11.4 Å². The lowest BCUT2D eigenvalue weighted by molar-refractivity contribution is 0.433. The second-order valence-electron chi connectivity index (χ2n) is 8.47. The summed E-state index contributed by atoms with van der Waals surface area (Å²) < 4.78 is 7.19. The molecule has 3 N–H and O–H groups in total. The number of nitrogens with zero attached hydrogens (tertiary/aromatic N) is 4. The van der Waals surface area contributed by atoms with Crippen LogP contribution in [0.25, 0.3) is 34.0 Å². The van der Waals surface area contributed by atoms with Crippen LogP contribution < -0.4 is 16.6 Å². The van der Waals surface area contributed by atoms with Gasteiger partial charge in [0.25, 0.3) is 5.56 Å². The Hall–Kier alpha value is -3.62. The third kappa shape index (κ3) is 4.76. The zero-order chi connectivity index (χ0) is 22.8. The molecule has 5 rings (SSSR count). The molecule has 3 aromatic heterocycles. The molecule has 0 spiro atoms. The summed E-state index contributed by atoms with van der Waals surface area (Å²) in [4.78, 5) is 21.2. The van der Waals surface area contributed by atoms with Gasteiger partial charge in [-0.15, -0.1) is 0 Å². The lowest BCUT2D eigenvalue weighted by atomic mass is 10.1. The van der Waals surface area contributed by atoms with Gasteiger partial charge in [-0.25, -0.2) is 4.98 Å². The smallest absolute Gasteiger partial charge is 0.250 e. The van der Waals surface area contributed by atoms with E-state index in [-0.39, 0.29) is 11.6 Å². The Morgan fingerprint density at radius 3 is 2.61 bits per heavy atom. The van der Waals surface area contributed by atoms with Gasteiger partial charge in [-0.05, 0) is 31.4 Å². The average Bonchev–Trinajstić information content (AvgIpc) is 3.56. The molecule has 8 heteroatoms. The van der Waals surface area contributed by atoms with Crippen LogP contribution in [-0.2, 0) is 6.54 Å². The summed E-state index contributed by atoms with van der Waals surface area (Å²) in [6.07, 6.45) is 7.62. The maximum Gasteiger partial charge on any atom is 0.250 e. The summed E-state index contributed by atoms with van der Waals surface area (Å²) in [5, 5.41) is 7.74. The van der Waals surface area contributed by atoms with E-state index >= 15 is 0 Å². The maximum atomic E-state index is 12.2. The van der Waals surface area contributed by atoms with Crippen LogP contribution in [-0.4, -0.2) is 32.3 Å². The summed E-state index contributed by atoms with van der Waals surface area (Å²) in [6.45, 7) is 3.15. The van der Waals surface area contributed by atoms with E-state index in [0.717, 1.165) is 23.4 Å². The molecule has 0 radical (unpaired) electrons. The van der Waals surface area contributed by atoms with E-state index in [4.69, 9.17) is 10.3 Å². The van der Waals surface area contributed by atoms with Gasteiger partial charge in [0.2, 0.25) is 0 Å². The first-order valence-corrected chi connectivity index (χ1v) is 11.1. The fraction of sp³-hybridized carbons (Fsp3) is 0.280. The Labute approximate surface area is 191 Å². The number of nitrogens with two attached hydrogens (primary N) is 1. The van der Waals surface area contributed by atoms with Crippen LogP contribution in [0.1, 0.15) is 31.4 Å². The number of benzene rings is 1. The quantitative estimate of drug-likeness (QED) is 0.430. The Morgan fingerprint density at radius 1 is 1.09 bits per heavy atom. The zero-order valence-corrected chi connectivity index (χ0v) is 18.4. The highest BCUT2D eigenvalue weighted by Crippen LogP contribution is 2.27. The molecule has 33 heavy (non-hydrogen) atoms. The first kappa shape index (κ1) is 21.2. The number of pyridine rings is 1. The maximum absolute atomic E-state index is 12.2. The fourth-order valence-corrected chi connectivity index (χ4v) is 3.61. The molecule has 1 aliphatic rings. The van der Waals surface area contributed by atoms with Crippen molar-refractivity contribution >= 4 is 0 Å². The van der Waals surface area contributed by atoms with Gasteiger partial charge in [-0.2, -0.15) is 0 Å². The molecule has 1 atom stereocenters. The van der Waals surface area contributed by atoms with Crippen molar-refractivity contribution in [1.29, 1.82) is 0 Å². The highest BCUT2D eigenvalue weighted by Gasteiger charge is 2.20. The van der Waals surface area contributed by atoms with Crippen molar-refractivity contribution in [3.8, 4) is 34.0 Å². The van der Waals surface area contributed by atoms with Gasteiger partial charge in [0.05, 0.1) is 18.1 Å². The van der Waals surface area contributed by atoms with E-state index in [2.05, 4.69) is 44.7 Å². The Kier molecular flexibility index (Phi) is 5.85. The first-order valence-electron chi connectivity index (χ1n) is 11.1. The molecule has 1 aromatic carbocycles. The van der Waals surface area contributed by atoms with Crippen molar-refractivity contribution in [2.75, 3.05) is 6.54 Å². The topological polar surface area (TPSA) is 112 Å². The molecule has 1 unspecified atom stereocenters. The summed E-state index contributed by atoms with van der Waals surface area (Å²) in [5.74, 6) is 0.530. The SMILES string of the molecule is CC(CN)n1cc(-c2cncc(-c3cc(-c4ccc(CNC5CC5)cc4)no3)n2)ccc1=O. The molecular weight excluding hydrogens is 416 g/mol. The molecule has 0 saturated heterocycles. The van der Waals surface area contributed by atoms with Crippen molar-refractivity contribution in [3.63, 3.8) is 0 Å². The number of hydrogen-bond acceptors (Lipinski definition) is 7. The second kappa shape index (κ2) is 9.09. The van der Waals surface area contributed by atoms with Gasteiger partial charge >= 0.3 is 0 Å². The minimum Gasteiger partial charge on any atom is -0.354 e. The van der Waals surface area contributed by atoms with E-state index in [9.17, 15) is 4.79 Å². The lowest BCUT2D eigenvalue weighted by Crippen LogP contribution is -2.26. The molecular formula is C25H26N6O2. The number of nitrogens with one attached hydrogen (secondary N) is 1. The van der Waals surface area contributed by atoms with E-state index in [1.54, 1.807) is 29.2 Å². The zero-order valence-electron chi connectivity index (χ0n) is 18.4. The van der Waals surface area contributed by atoms with Gasteiger partial charge in [-0.3, -0.25) is 9.78 Å². The molecule has 0 aliphatic heterocycles. The highest BCUT2D eigenvalue weighted by atomic mass is 16.5. The molecule has 8 nitrogen and oxygen atoms in total. The molecule has 1 aliphatic carbocycles. The van der Waals surface area contributed by atoms with Gasteiger partial charge in [-0.1, -0.05) is 29.4 Å². The first-order chi connectivity index (χ1) is 16.1. The van der Waals surface area contributed by atoms with Crippen LogP contribution >= 0.6 is 0 Å². The second-order valence-corrected chi connectivity index (χ2v) is 8.47. The molecule has 0 bridgehead atoms. The fourth-order valence-electron chi connectivity index (χ4n) is 3.61. The largest absolute Gasteiger partial charge is 0.354 e. The Balaban J connectivity index is 1.37. The van der Waals surface area contributed by atoms with Crippen molar-refractivity contribution in [1.82, 2.24) is 25.0 Å². The average molecular weight is 443 g/mol. The highest BCUT2D eigenvalue weighted by molar-refractivity contribution is 5.66. The molecule has 3 heterocycles. The molecule has 168 valence electrons. The molecule has 0 amide bonds. The number of rotatable bonds is 8. The summed E-state index contributed by atoms with van der Waals surface area (Å²) in [6, 6.07) is 14.0. The van der Waals surface area contributed by atoms with Crippen LogP contribution in [0, 0.1) is 0 Å². The molecule has 4 aromatic rings. The predicted molar refractivity (Wildman–Crippen MR) is 126 cm³/mol. The van der Waals surface area contributed by atoms with Crippen molar-refractivity contribution in [3.05, 3.63) is 77.0 Å². The van der Waals surface area contributed by atoms with Crippen molar-refractivity contribution < 1.29 is 4.52 Å². The van der Waals surface area contributed by atoms with Crippen molar-refractivity contribution in [2.45, 2.75) is 38.4 Å². The predicted octanol–water partition coefficient (Wildman–Crippen LogP) is 3.40. The third-order valence-corrected chi connectivity index (χ3v) is 5.87. The monoisotopic (exact) mass is 442 g/mol. The number of hydrogen-bond donors (Lipinski definition) is 2.